The van der Waals surface area contributed by atoms with Gasteiger partial charge in [-0.1, -0.05) is 84.9 Å². The van der Waals surface area contributed by atoms with Crippen LogP contribution in [0.3, 0.4) is 0 Å². The van der Waals surface area contributed by atoms with E-state index < -0.39 is 8.80 Å². The number of benzene rings is 2. The van der Waals surface area contributed by atoms with Gasteiger partial charge in [0.05, 0.1) is 0 Å². The summed E-state index contributed by atoms with van der Waals surface area (Å²) in [6.45, 7) is 4.52. The number of rotatable bonds is 4. The van der Waals surface area contributed by atoms with Gasteiger partial charge in [0.2, 0.25) is 0 Å². The van der Waals surface area contributed by atoms with Gasteiger partial charge in [0, 0.05) is 6.61 Å². The summed E-state index contributed by atoms with van der Waals surface area (Å²) in [6, 6.07) is 21.1. The van der Waals surface area contributed by atoms with Crippen molar-refractivity contribution >= 4 is 19.2 Å². The molecule has 18 heavy (non-hydrogen) atoms. The molecule has 2 aromatic rings. The van der Waals surface area contributed by atoms with Crippen molar-refractivity contribution < 1.29 is 5.11 Å². The average molecular weight is 255 g/mol. The first kappa shape index (κ1) is 13.1. The topological polar surface area (TPSA) is 20.2 Å². The Morgan fingerprint density at radius 1 is 0.833 bits per heavy atom. The summed E-state index contributed by atoms with van der Waals surface area (Å²) in [5.41, 5.74) is 0. The van der Waals surface area contributed by atoms with Crippen LogP contribution in [0.15, 0.2) is 60.7 Å². The number of hydrogen-bond acceptors (Lipinski definition) is 1. The Morgan fingerprint density at radius 2 is 1.22 bits per heavy atom. The van der Waals surface area contributed by atoms with Crippen LogP contribution in [0.4, 0.5) is 0 Å². The highest BCUT2D eigenvalue weighted by Gasteiger charge is 2.33. The molecule has 0 fully saturated rings. The van der Waals surface area contributed by atoms with E-state index in [4.69, 9.17) is 0 Å². The predicted octanol–water partition coefficient (Wildman–Crippen LogP) is 2.07. The van der Waals surface area contributed by atoms with E-state index in [-0.39, 0.29) is 11.6 Å². The van der Waals surface area contributed by atoms with Gasteiger partial charge in [0.1, 0.15) is 8.80 Å². The summed E-state index contributed by atoms with van der Waals surface area (Å²) < 4.78 is 0. The van der Waals surface area contributed by atoms with E-state index in [9.17, 15) is 5.11 Å². The van der Waals surface area contributed by atoms with Gasteiger partial charge in [-0.25, -0.2) is 0 Å². The molecule has 0 saturated carbocycles. The Morgan fingerprint density at radius 3 is 1.56 bits per heavy atom. The molecule has 1 N–H and O–H groups in total. The van der Waals surface area contributed by atoms with Crippen LogP contribution in [0.5, 0.6) is 0 Å². The molecular formula is C16H19OSi. The van der Waals surface area contributed by atoms with E-state index >= 15 is 0 Å². The van der Waals surface area contributed by atoms with Gasteiger partial charge < -0.3 is 5.11 Å². The van der Waals surface area contributed by atoms with Gasteiger partial charge in [0.15, 0.2) is 0 Å². The minimum atomic E-state index is -0.977. The van der Waals surface area contributed by atoms with E-state index in [1.807, 2.05) is 12.1 Å². The van der Waals surface area contributed by atoms with Crippen molar-refractivity contribution in [2.24, 2.45) is 0 Å². The molecule has 0 heterocycles. The third kappa shape index (κ3) is 2.71. The summed E-state index contributed by atoms with van der Waals surface area (Å²) in [7, 11) is -0.977. The van der Waals surface area contributed by atoms with Crippen LogP contribution in [0.2, 0.25) is 5.04 Å². The van der Waals surface area contributed by atoms with Gasteiger partial charge >= 0.3 is 0 Å². The molecule has 0 bridgehead atoms. The van der Waals surface area contributed by atoms with Crippen molar-refractivity contribution in [2.75, 3.05) is 6.61 Å². The zero-order valence-electron chi connectivity index (χ0n) is 10.9. The second-order valence-corrected chi connectivity index (χ2v) is 8.41. The third-order valence-electron chi connectivity index (χ3n) is 3.20. The molecule has 0 aliphatic heterocycles. The van der Waals surface area contributed by atoms with Crippen LogP contribution in [0.25, 0.3) is 0 Å². The molecule has 1 nitrogen and oxygen atoms in total. The summed E-state index contributed by atoms with van der Waals surface area (Å²) in [4.78, 5) is 0. The van der Waals surface area contributed by atoms with Crippen molar-refractivity contribution in [1.82, 2.24) is 0 Å². The predicted molar refractivity (Wildman–Crippen MR) is 79.0 cm³/mol. The minimum absolute atomic E-state index is 0.0760. The summed E-state index contributed by atoms with van der Waals surface area (Å²) >= 11 is 0. The van der Waals surface area contributed by atoms with E-state index in [1.165, 1.54) is 10.4 Å². The maximum absolute atomic E-state index is 9.71. The molecule has 0 atom stereocenters. The smallest absolute Gasteiger partial charge is 0.129 e. The number of hydrogen-bond donors (Lipinski definition) is 1. The molecule has 2 heteroatoms. The van der Waals surface area contributed by atoms with Crippen LogP contribution in [0.1, 0.15) is 13.8 Å². The monoisotopic (exact) mass is 255 g/mol. The molecular weight excluding hydrogens is 236 g/mol. The third-order valence-corrected chi connectivity index (χ3v) is 6.53. The molecule has 2 rings (SSSR count). The van der Waals surface area contributed by atoms with Crippen molar-refractivity contribution in [3.05, 3.63) is 60.7 Å². The SMILES string of the molecule is CC(C)(CO)[Si](c1ccccc1)c1ccccc1. The highest BCUT2D eigenvalue weighted by Crippen LogP contribution is 2.26. The van der Waals surface area contributed by atoms with Gasteiger partial charge in [-0.2, -0.15) is 0 Å². The molecule has 2 aromatic carbocycles. The first-order chi connectivity index (χ1) is 8.65. The molecule has 0 spiro atoms. The Balaban J connectivity index is 2.49. The molecule has 0 amide bonds. The lowest BCUT2D eigenvalue weighted by atomic mass is 10.2. The van der Waals surface area contributed by atoms with Crippen molar-refractivity contribution in [3.8, 4) is 0 Å². The maximum Gasteiger partial charge on any atom is 0.129 e. The standard InChI is InChI=1S/C16H19OSi/c1-16(2,13-17)18(14-9-5-3-6-10-14)15-11-7-4-8-12-15/h3-12,17H,13H2,1-2H3. The maximum atomic E-state index is 9.71. The fraction of sp³-hybridized carbons (Fsp3) is 0.250. The zero-order chi connectivity index (χ0) is 13.0. The number of aliphatic hydroxyl groups excluding tert-OH is 1. The molecule has 0 unspecified atom stereocenters. The minimum Gasteiger partial charge on any atom is -0.396 e. The Bertz CT molecular complexity index is 439. The van der Waals surface area contributed by atoms with E-state index in [0.29, 0.717) is 0 Å². The second-order valence-electron chi connectivity index (χ2n) is 5.15. The molecule has 1 radical (unpaired) electrons. The zero-order valence-corrected chi connectivity index (χ0v) is 11.9. The average Bonchev–Trinajstić information content (AvgIpc) is 2.41. The summed E-state index contributed by atoms with van der Waals surface area (Å²) in [5.74, 6) is 0. The van der Waals surface area contributed by atoms with Gasteiger partial charge in [-0.15, -0.1) is 0 Å². The molecule has 93 valence electrons. The molecule has 0 aliphatic carbocycles. The fourth-order valence-electron chi connectivity index (χ4n) is 2.24. The second kappa shape index (κ2) is 5.51. The highest BCUT2D eigenvalue weighted by atomic mass is 28.3. The van der Waals surface area contributed by atoms with Crippen LogP contribution in [-0.4, -0.2) is 20.5 Å². The van der Waals surface area contributed by atoms with Crippen LogP contribution >= 0.6 is 0 Å². The summed E-state index contributed by atoms with van der Waals surface area (Å²) in [5, 5.41) is 12.3. The molecule has 0 saturated heterocycles. The normalized spacial score (nSPS) is 11.8. The Hall–Kier alpha value is -1.38. The van der Waals surface area contributed by atoms with E-state index in [2.05, 4.69) is 62.4 Å². The van der Waals surface area contributed by atoms with Crippen LogP contribution in [-0.2, 0) is 0 Å². The van der Waals surface area contributed by atoms with E-state index in [1.54, 1.807) is 0 Å². The van der Waals surface area contributed by atoms with Gasteiger partial charge in [0.25, 0.3) is 0 Å². The lowest BCUT2D eigenvalue weighted by Crippen LogP contribution is -2.51. The van der Waals surface area contributed by atoms with Crippen molar-refractivity contribution in [3.63, 3.8) is 0 Å². The Kier molecular flexibility index (Phi) is 3.99. The van der Waals surface area contributed by atoms with Gasteiger partial charge in [-0.3, -0.25) is 0 Å². The van der Waals surface area contributed by atoms with Crippen LogP contribution < -0.4 is 10.4 Å². The van der Waals surface area contributed by atoms with Crippen LogP contribution in [0, 0.1) is 0 Å². The highest BCUT2D eigenvalue weighted by molar-refractivity contribution is 6.87. The van der Waals surface area contributed by atoms with Gasteiger partial charge in [-0.05, 0) is 5.04 Å². The first-order valence-electron chi connectivity index (χ1n) is 6.24. The lowest BCUT2D eigenvalue weighted by Gasteiger charge is -2.31. The Labute approximate surface area is 111 Å². The van der Waals surface area contributed by atoms with E-state index in [0.717, 1.165) is 0 Å². The largest absolute Gasteiger partial charge is 0.396 e. The molecule has 0 aromatic heterocycles. The van der Waals surface area contributed by atoms with Crippen molar-refractivity contribution in [2.45, 2.75) is 18.9 Å². The summed E-state index contributed by atoms with van der Waals surface area (Å²) in [6.07, 6.45) is 0. The van der Waals surface area contributed by atoms with Crippen molar-refractivity contribution in [1.29, 1.82) is 0 Å². The fourth-order valence-corrected chi connectivity index (χ4v) is 5.34. The molecule has 0 aliphatic rings. The first-order valence-corrected chi connectivity index (χ1v) is 7.74. The number of aliphatic hydroxyl groups is 1. The lowest BCUT2D eigenvalue weighted by molar-refractivity contribution is 0.255. The quantitative estimate of drug-likeness (QED) is 0.829.